The van der Waals surface area contributed by atoms with E-state index in [2.05, 4.69) is 43.0 Å². The van der Waals surface area contributed by atoms with Crippen molar-refractivity contribution in [3.8, 4) is 0 Å². The molecule has 0 saturated carbocycles. The van der Waals surface area contributed by atoms with E-state index in [-0.39, 0.29) is 0 Å². The van der Waals surface area contributed by atoms with Gasteiger partial charge in [0.25, 0.3) is 0 Å². The fourth-order valence-corrected chi connectivity index (χ4v) is 4.95. The van der Waals surface area contributed by atoms with Gasteiger partial charge in [-0.15, -0.1) is 0 Å². The fourth-order valence-electron chi connectivity index (χ4n) is 4.95. The summed E-state index contributed by atoms with van der Waals surface area (Å²) < 4.78 is 0. The van der Waals surface area contributed by atoms with E-state index in [1.54, 1.807) is 0 Å². The van der Waals surface area contributed by atoms with Crippen LogP contribution >= 0.6 is 0 Å². The Bertz CT molecular complexity index is 366. The minimum atomic E-state index is 0.645. The highest BCUT2D eigenvalue weighted by molar-refractivity contribution is 4.97. The van der Waals surface area contributed by atoms with Crippen molar-refractivity contribution in [2.24, 2.45) is 0 Å². The van der Waals surface area contributed by atoms with E-state index in [4.69, 9.17) is 0 Å². The maximum atomic E-state index is 2.68. The summed E-state index contributed by atoms with van der Waals surface area (Å²) in [4.78, 5) is 5.36. The van der Waals surface area contributed by atoms with Gasteiger partial charge in [-0.1, -0.05) is 130 Å². The molecule has 0 radical (unpaired) electrons. The minimum Gasteiger partial charge on any atom is -0.356 e. The summed E-state index contributed by atoms with van der Waals surface area (Å²) in [5, 5.41) is 0. The average molecular weight is 435 g/mol. The van der Waals surface area contributed by atoms with E-state index >= 15 is 0 Å². The molecule has 1 heterocycles. The van der Waals surface area contributed by atoms with Gasteiger partial charge in [-0.3, -0.25) is 0 Å². The summed E-state index contributed by atoms with van der Waals surface area (Å²) in [7, 11) is 0. The van der Waals surface area contributed by atoms with Crippen LogP contribution in [0.2, 0.25) is 0 Å². The van der Waals surface area contributed by atoms with Crippen molar-refractivity contribution in [2.45, 2.75) is 162 Å². The smallest absolute Gasteiger partial charge is 0.101 e. The maximum absolute atomic E-state index is 2.68. The largest absolute Gasteiger partial charge is 0.356 e. The number of rotatable bonds is 23. The summed E-state index contributed by atoms with van der Waals surface area (Å²) in [5.74, 6) is 0. The topological polar surface area (TPSA) is 6.48 Å². The maximum Gasteiger partial charge on any atom is 0.101 e. The monoisotopic (exact) mass is 434 g/mol. The number of hydrogen-bond acceptors (Lipinski definition) is 2. The van der Waals surface area contributed by atoms with Crippen LogP contribution < -0.4 is 0 Å². The Morgan fingerprint density at radius 3 is 1.13 bits per heavy atom. The average Bonchev–Trinajstić information content (AvgIpc) is 3.16. The molecule has 0 atom stereocenters. The summed E-state index contributed by atoms with van der Waals surface area (Å²) >= 11 is 0. The summed E-state index contributed by atoms with van der Waals surface area (Å²) in [6, 6.07) is 0. The number of unbranched alkanes of at least 4 members (excludes halogenated alkanes) is 17. The lowest BCUT2D eigenvalue weighted by atomic mass is 10.1. The van der Waals surface area contributed by atoms with Gasteiger partial charge in [0.05, 0.1) is 0 Å². The molecule has 184 valence electrons. The van der Waals surface area contributed by atoms with Crippen LogP contribution in [-0.2, 0) is 0 Å². The third-order valence-corrected chi connectivity index (χ3v) is 7.07. The molecule has 0 aromatic carbocycles. The van der Waals surface area contributed by atoms with Gasteiger partial charge in [0.1, 0.15) is 6.17 Å². The molecule has 31 heavy (non-hydrogen) atoms. The molecule has 0 N–H and O–H groups in total. The van der Waals surface area contributed by atoms with Crippen LogP contribution in [0, 0.1) is 0 Å². The predicted molar refractivity (Wildman–Crippen MR) is 140 cm³/mol. The number of nitrogens with zero attached hydrogens (tertiary/aromatic N) is 2. The molecule has 2 nitrogen and oxygen atoms in total. The van der Waals surface area contributed by atoms with Gasteiger partial charge >= 0.3 is 0 Å². The molecule has 1 aliphatic heterocycles. The zero-order chi connectivity index (χ0) is 22.4. The van der Waals surface area contributed by atoms with E-state index in [0.717, 1.165) is 0 Å². The summed E-state index contributed by atoms with van der Waals surface area (Å²) in [6.45, 7) is 9.45. The second-order valence-electron chi connectivity index (χ2n) is 10.1. The Labute approximate surface area is 197 Å². The highest BCUT2D eigenvalue weighted by Crippen LogP contribution is 2.24. The first kappa shape index (κ1) is 28.4. The zero-order valence-corrected chi connectivity index (χ0v) is 21.9. The first-order chi connectivity index (χ1) is 15.3. The molecule has 0 aliphatic carbocycles. The van der Waals surface area contributed by atoms with Gasteiger partial charge in [-0.25, -0.2) is 0 Å². The van der Waals surface area contributed by atoms with E-state index in [0.29, 0.717) is 6.17 Å². The Balaban J connectivity index is 2.29. The molecule has 0 fully saturated rings. The molecule has 0 aromatic heterocycles. The van der Waals surface area contributed by atoms with Crippen molar-refractivity contribution in [1.82, 2.24) is 9.80 Å². The molecule has 0 unspecified atom stereocenters. The van der Waals surface area contributed by atoms with Gasteiger partial charge in [-0.2, -0.15) is 0 Å². The Hall–Kier alpha value is -0.660. The Morgan fingerprint density at radius 2 is 0.742 bits per heavy atom. The quantitative estimate of drug-likeness (QED) is 0.148. The molecule has 0 spiro atoms. The highest BCUT2D eigenvalue weighted by atomic mass is 15.4. The second kappa shape index (κ2) is 21.2. The van der Waals surface area contributed by atoms with E-state index in [1.165, 1.54) is 148 Å². The van der Waals surface area contributed by atoms with Gasteiger partial charge < -0.3 is 9.80 Å². The van der Waals surface area contributed by atoms with Crippen LogP contribution in [0.3, 0.4) is 0 Å². The lowest BCUT2D eigenvalue weighted by Gasteiger charge is -2.33. The molecular weight excluding hydrogens is 376 g/mol. The first-order valence-corrected chi connectivity index (χ1v) is 14.5. The van der Waals surface area contributed by atoms with Crippen LogP contribution in [0.25, 0.3) is 0 Å². The molecule has 0 saturated heterocycles. The van der Waals surface area contributed by atoms with Gasteiger partial charge in [0.15, 0.2) is 0 Å². The molecule has 0 amide bonds. The first-order valence-electron chi connectivity index (χ1n) is 14.5. The van der Waals surface area contributed by atoms with Crippen molar-refractivity contribution in [1.29, 1.82) is 0 Å². The minimum absolute atomic E-state index is 0.645. The lowest BCUT2D eigenvalue weighted by molar-refractivity contribution is 0.135. The van der Waals surface area contributed by atoms with Gasteiger partial charge in [0.2, 0.25) is 0 Å². The molecule has 0 aromatic rings. The second-order valence-corrected chi connectivity index (χ2v) is 10.1. The van der Waals surface area contributed by atoms with Crippen molar-refractivity contribution < 1.29 is 0 Å². The van der Waals surface area contributed by atoms with Gasteiger partial charge in [0, 0.05) is 25.5 Å². The van der Waals surface area contributed by atoms with Crippen molar-refractivity contribution in [2.75, 3.05) is 13.1 Å². The number of hydrogen-bond donors (Lipinski definition) is 0. The Morgan fingerprint density at radius 1 is 0.419 bits per heavy atom. The van der Waals surface area contributed by atoms with Crippen molar-refractivity contribution in [3.05, 3.63) is 12.4 Å². The standard InChI is InChI=1S/C29H58N2/c1-4-7-10-13-16-17-18-21-24-29-30(25-22-19-14-11-8-5-2)27-28-31(29)26-23-20-15-12-9-6-3/h27-29H,4-26H2,1-3H3. The third kappa shape index (κ3) is 14.9. The molecule has 0 bridgehead atoms. The van der Waals surface area contributed by atoms with Crippen LogP contribution in [0.5, 0.6) is 0 Å². The molecule has 2 heteroatoms. The SMILES string of the molecule is CCCCCCCCCCC1N(CCCCCCCC)C=CN1CCCCCCCC. The molecule has 1 aliphatic rings. The van der Waals surface area contributed by atoms with Crippen LogP contribution in [-0.4, -0.2) is 29.1 Å². The van der Waals surface area contributed by atoms with Gasteiger partial charge in [-0.05, 0) is 25.7 Å². The van der Waals surface area contributed by atoms with Crippen LogP contribution in [0.4, 0.5) is 0 Å². The summed E-state index contributed by atoms with van der Waals surface area (Å²) in [6.07, 6.45) is 35.0. The lowest BCUT2D eigenvalue weighted by Crippen LogP contribution is -2.39. The van der Waals surface area contributed by atoms with E-state index < -0.39 is 0 Å². The zero-order valence-electron chi connectivity index (χ0n) is 21.9. The highest BCUT2D eigenvalue weighted by Gasteiger charge is 2.24. The summed E-state index contributed by atoms with van der Waals surface area (Å²) in [5.41, 5.74) is 0. The van der Waals surface area contributed by atoms with E-state index in [1.807, 2.05) is 0 Å². The van der Waals surface area contributed by atoms with Crippen LogP contribution in [0.1, 0.15) is 156 Å². The normalized spacial score (nSPS) is 14.3. The molecular formula is C29H58N2. The fraction of sp³-hybridized carbons (Fsp3) is 0.931. The van der Waals surface area contributed by atoms with Crippen molar-refractivity contribution in [3.63, 3.8) is 0 Å². The van der Waals surface area contributed by atoms with Crippen molar-refractivity contribution >= 4 is 0 Å². The predicted octanol–water partition coefficient (Wildman–Crippen LogP) is 9.65. The third-order valence-electron chi connectivity index (χ3n) is 7.07. The van der Waals surface area contributed by atoms with E-state index in [9.17, 15) is 0 Å². The van der Waals surface area contributed by atoms with Crippen LogP contribution in [0.15, 0.2) is 12.4 Å². The molecule has 1 rings (SSSR count). The Kier molecular flexibility index (Phi) is 19.4.